The van der Waals surface area contributed by atoms with Gasteiger partial charge in [0.15, 0.2) is 17.6 Å². The van der Waals surface area contributed by atoms with E-state index in [0.29, 0.717) is 28.9 Å². The normalized spacial score (nSPS) is 25.0. The topological polar surface area (TPSA) is 91.4 Å². The predicted molar refractivity (Wildman–Crippen MR) is 153 cm³/mol. The van der Waals surface area contributed by atoms with Gasteiger partial charge in [0.1, 0.15) is 17.1 Å². The number of ether oxygens (including phenoxy) is 4. The number of hydrogen-bond acceptors (Lipinski definition) is 8. The van der Waals surface area contributed by atoms with Gasteiger partial charge in [-0.1, -0.05) is 36.4 Å². The Kier molecular flexibility index (Phi) is 6.20. The zero-order valence-corrected chi connectivity index (χ0v) is 23.7. The van der Waals surface area contributed by atoms with Gasteiger partial charge in [0.25, 0.3) is 0 Å². The molecule has 3 aromatic rings. The quantitative estimate of drug-likeness (QED) is 0.310. The number of hydrogen-bond donors (Lipinski definition) is 0. The smallest absolute Gasteiger partial charge is 0.347 e. The van der Waals surface area contributed by atoms with Crippen LogP contribution in [0, 0.1) is 12.8 Å². The van der Waals surface area contributed by atoms with Crippen molar-refractivity contribution in [3.05, 3.63) is 100 Å². The number of rotatable bonds is 5. The number of likely N-dealkylation sites (N-methyl/N-ethyl adjacent to an activating group) is 1. The Bertz CT molecular complexity index is 1680. The minimum Gasteiger partial charge on any atom is -0.477 e. The van der Waals surface area contributed by atoms with Gasteiger partial charge in [-0.2, -0.15) is 0 Å². The molecule has 0 N–H and O–H groups in total. The molecule has 2 heterocycles. The number of para-hydroxylation sites is 1. The van der Waals surface area contributed by atoms with Crippen LogP contribution in [0.3, 0.4) is 0 Å². The lowest BCUT2D eigenvalue weighted by Crippen LogP contribution is -2.63. The monoisotopic (exact) mass is 565 g/mol. The summed E-state index contributed by atoms with van der Waals surface area (Å²) >= 11 is 0. The third-order valence-corrected chi connectivity index (χ3v) is 9.35. The molecule has 0 radical (unpaired) electrons. The second-order valence-electron chi connectivity index (χ2n) is 11.6. The number of nitrogens with zero attached hydrogens (tertiary/aromatic N) is 1. The first-order valence-corrected chi connectivity index (χ1v) is 14.3. The van der Waals surface area contributed by atoms with Crippen LogP contribution >= 0.6 is 0 Å². The number of piperidine rings is 1. The van der Waals surface area contributed by atoms with Crippen molar-refractivity contribution in [1.29, 1.82) is 0 Å². The molecule has 2 aliphatic heterocycles. The van der Waals surface area contributed by atoms with E-state index < -0.39 is 29.4 Å². The van der Waals surface area contributed by atoms with Crippen LogP contribution in [-0.2, 0) is 21.4 Å². The molecule has 0 amide bonds. The summed E-state index contributed by atoms with van der Waals surface area (Å²) < 4.78 is 24.0. The fraction of sp³-hybridized carbons (Fsp3) is 0.324. The predicted octanol–water partition coefficient (Wildman–Crippen LogP) is 5.16. The average molecular weight is 566 g/mol. The van der Waals surface area contributed by atoms with E-state index in [4.69, 9.17) is 18.9 Å². The first-order chi connectivity index (χ1) is 20.3. The average Bonchev–Trinajstić information content (AvgIpc) is 3.32. The van der Waals surface area contributed by atoms with E-state index >= 15 is 0 Å². The van der Waals surface area contributed by atoms with Gasteiger partial charge in [0, 0.05) is 23.9 Å². The zero-order valence-electron chi connectivity index (χ0n) is 23.7. The van der Waals surface area contributed by atoms with Crippen molar-refractivity contribution >= 4 is 17.9 Å². The van der Waals surface area contributed by atoms with Crippen LogP contribution < -0.4 is 14.2 Å². The first kappa shape index (κ1) is 26.5. The van der Waals surface area contributed by atoms with Gasteiger partial charge in [-0.15, -0.1) is 0 Å². The lowest BCUT2D eigenvalue weighted by Gasteiger charge is -2.56. The summed E-state index contributed by atoms with van der Waals surface area (Å²) in [6.45, 7) is 4.03. The van der Waals surface area contributed by atoms with Gasteiger partial charge in [-0.05, 0) is 87.2 Å². The van der Waals surface area contributed by atoms with Crippen LogP contribution in [-0.4, -0.2) is 48.5 Å². The molecule has 214 valence electrons. The molecule has 1 saturated heterocycles. The van der Waals surface area contributed by atoms with E-state index in [9.17, 15) is 14.4 Å². The fourth-order valence-electron chi connectivity index (χ4n) is 7.48. The van der Waals surface area contributed by atoms with Crippen molar-refractivity contribution in [3.8, 4) is 17.2 Å². The summed E-state index contributed by atoms with van der Waals surface area (Å²) in [6.07, 6.45) is 3.79. The molecule has 0 unspecified atom stereocenters. The Morgan fingerprint density at radius 3 is 2.43 bits per heavy atom. The van der Waals surface area contributed by atoms with Gasteiger partial charge < -0.3 is 23.8 Å². The molecule has 2 aliphatic carbocycles. The molecule has 8 heteroatoms. The van der Waals surface area contributed by atoms with E-state index in [-0.39, 0.29) is 17.2 Å². The minimum atomic E-state index is -0.626. The van der Waals surface area contributed by atoms with Crippen LogP contribution in [0.4, 0.5) is 0 Å². The molecule has 1 spiro atoms. The zero-order chi connectivity index (χ0) is 29.2. The number of likely N-dealkylation sites (tertiary alicyclic amines) is 1. The highest BCUT2D eigenvalue weighted by Crippen LogP contribution is 2.64. The third kappa shape index (κ3) is 3.96. The molecule has 2 bridgehead atoms. The van der Waals surface area contributed by atoms with Crippen molar-refractivity contribution in [2.24, 2.45) is 5.92 Å². The lowest BCUT2D eigenvalue weighted by molar-refractivity contribution is -0.131. The highest BCUT2D eigenvalue weighted by Gasteiger charge is 2.65. The summed E-state index contributed by atoms with van der Waals surface area (Å²) in [5, 5.41) is 0. The van der Waals surface area contributed by atoms with Gasteiger partial charge >= 0.3 is 17.9 Å². The van der Waals surface area contributed by atoms with E-state index in [2.05, 4.69) is 18.0 Å². The van der Waals surface area contributed by atoms with Crippen LogP contribution in [0.1, 0.15) is 57.2 Å². The molecule has 7 rings (SSSR count). The molecule has 0 saturated carbocycles. The largest absolute Gasteiger partial charge is 0.477 e. The number of allylic oxidation sites excluding steroid dienone is 1. The standard InChI is InChI=1S/C34H31NO7/c1-19-8-4-5-9-22(19)32(37)40-27-14-12-21-18-25-24-13-15-28(31-34(24,16-17-35(25)3)29(21)30(27)42-31)41-33(38)23-10-6-7-11-26(23)39-20(2)36/h4-12,14-15,24-25,31H,13,16-18H2,1-3H3/t24-,25+,31-,34-/m0/s1. The molecule has 3 aromatic carbocycles. The second kappa shape index (κ2) is 9.84. The minimum absolute atomic E-state index is 0.141. The molecular formula is C34H31NO7. The molecule has 8 nitrogen and oxygen atoms in total. The van der Waals surface area contributed by atoms with Crippen molar-refractivity contribution in [1.82, 2.24) is 4.90 Å². The van der Waals surface area contributed by atoms with Crippen molar-refractivity contribution in [2.45, 2.75) is 50.7 Å². The Balaban J connectivity index is 1.27. The SMILES string of the molecule is CC(=O)Oc1ccccc1C(=O)OC1=CC[C@H]2[C@H]3Cc4ccc(OC(=O)c5ccccc5C)c5c4[C@@]2(CCN3C)[C@H]1O5. The van der Waals surface area contributed by atoms with E-state index in [1.165, 1.54) is 12.5 Å². The summed E-state index contributed by atoms with van der Waals surface area (Å²) in [7, 11) is 2.16. The lowest BCUT2D eigenvalue weighted by atomic mass is 9.53. The Labute approximate surface area is 243 Å². The highest BCUT2D eigenvalue weighted by atomic mass is 16.6. The third-order valence-electron chi connectivity index (χ3n) is 9.35. The van der Waals surface area contributed by atoms with Crippen LogP contribution in [0.2, 0.25) is 0 Å². The maximum atomic E-state index is 13.5. The van der Waals surface area contributed by atoms with Gasteiger partial charge in [-0.3, -0.25) is 4.79 Å². The van der Waals surface area contributed by atoms with Gasteiger partial charge in [0.2, 0.25) is 0 Å². The number of carbonyl (C=O) groups is 3. The number of carbonyl (C=O) groups excluding carboxylic acids is 3. The maximum absolute atomic E-state index is 13.5. The van der Waals surface area contributed by atoms with Crippen molar-refractivity contribution in [3.63, 3.8) is 0 Å². The highest BCUT2D eigenvalue weighted by molar-refractivity contribution is 5.94. The Hall–Kier alpha value is -4.43. The number of benzene rings is 3. The van der Waals surface area contributed by atoms with Crippen molar-refractivity contribution < 1.29 is 33.3 Å². The first-order valence-electron chi connectivity index (χ1n) is 14.3. The van der Waals surface area contributed by atoms with E-state index in [1.54, 1.807) is 30.3 Å². The molecule has 4 atom stereocenters. The van der Waals surface area contributed by atoms with Gasteiger partial charge in [-0.25, -0.2) is 9.59 Å². The van der Waals surface area contributed by atoms with Gasteiger partial charge in [0.05, 0.1) is 5.56 Å². The molecule has 0 aromatic heterocycles. The summed E-state index contributed by atoms with van der Waals surface area (Å²) in [5.41, 5.74) is 3.29. The van der Waals surface area contributed by atoms with E-state index in [1.807, 2.05) is 37.3 Å². The maximum Gasteiger partial charge on any atom is 0.347 e. The second-order valence-corrected chi connectivity index (χ2v) is 11.6. The molecule has 4 aliphatic rings. The summed E-state index contributed by atoms with van der Waals surface area (Å²) in [4.78, 5) is 40.8. The fourth-order valence-corrected chi connectivity index (χ4v) is 7.48. The van der Waals surface area contributed by atoms with E-state index in [0.717, 1.165) is 36.9 Å². The Morgan fingerprint density at radius 2 is 1.64 bits per heavy atom. The van der Waals surface area contributed by atoms with Crippen LogP contribution in [0.25, 0.3) is 0 Å². The summed E-state index contributed by atoms with van der Waals surface area (Å²) in [6, 6.07) is 18.0. The molecule has 1 fully saturated rings. The molecular weight excluding hydrogens is 534 g/mol. The molecule has 42 heavy (non-hydrogen) atoms. The Morgan fingerprint density at radius 1 is 0.905 bits per heavy atom. The van der Waals surface area contributed by atoms with Crippen LogP contribution in [0.5, 0.6) is 17.2 Å². The number of aryl methyl sites for hydroxylation is 1. The summed E-state index contributed by atoms with van der Waals surface area (Å²) in [5.74, 6) is 0.137. The van der Waals surface area contributed by atoms with Crippen molar-refractivity contribution in [2.75, 3.05) is 13.6 Å². The van der Waals surface area contributed by atoms with Crippen LogP contribution in [0.15, 0.2) is 72.5 Å². The number of esters is 3.